The molecule has 9 nitrogen and oxygen atoms in total. The Bertz CT molecular complexity index is 1260. The van der Waals surface area contributed by atoms with Crippen molar-refractivity contribution in [1.82, 2.24) is 24.8 Å². The molecule has 1 spiro atoms. The van der Waals surface area contributed by atoms with Crippen LogP contribution >= 0.6 is 11.6 Å². The van der Waals surface area contributed by atoms with Crippen LogP contribution in [0.5, 0.6) is 6.01 Å². The zero-order valence-electron chi connectivity index (χ0n) is 24.1. The van der Waals surface area contributed by atoms with Crippen molar-refractivity contribution in [3.8, 4) is 6.01 Å². The monoisotopic (exact) mass is 580 g/mol. The maximum absolute atomic E-state index is 14.5. The lowest BCUT2D eigenvalue weighted by atomic mass is 10.0. The lowest BCUT2D eigenvalue weighted by Crippen LogP contribution is -2.45. The summed E-state index contributed by atoms with van der Waals surface area (Å²) >= 11 is 5.81. The Morgan fingerprint density at radius 1 is 1.27 bits per heavy atom. The number of methoxy groups -OCH3 is 1. The molecule has 0 bridgehead atoms. The van der Waals surface area contributed by atoms with E-state index in [0.717, 1.165) is 13.0 Å². The second-order valence-corrected chi connectivity index (χ2v) is 13.0. The van der Waals surface area contributed by atoms with Crippen LogP contribution in [0, 0.1) is 11.2 Å². The van der Waals surface area contributed by atoms with E-state index >= 15 is 0 Å². The average molecular weight is 581 g/mol. The van der Waals surface area contributed by atoms with Gasteiger partial charge in [0.05, 0.1) is 24.6 Å². The van der Waals surface area contributed by atoms with Gasteiger partial charge in [0.2, 0.25) is 0 Å². The Labute approximate surface area is 239 Å². The largest absolute Gasteiger partial charge is 0.467 e. The molecule has 3 saturated heterocycles. The lowest BCUT2D eigenvalue weighted by molar-refractivity contribution is 0.0233. The number of aromatic nitrogens is 3. The predicted octanol–water partition coefficient (Wildman–Crippen LogP) is 5.24. The Hall–Kier alpha value is -2.53. The molecule has 4 aliphatic rings. The normalized spacial score (nSPS) is 27.0. The highest BCUT2D eigenvalue weighted by Crippen LogP contribution is 2.56. The van der Waals surface area contributed by atoms with Gasteiger partial charge in [-0.05, 0) is 65.2 Å². The van der Waals surface area contributed by atoms with Gasteiger partial charge in [-0.1, -0.05) is 11.6 Å². The van der Waals surface area contributed by atoms with Gasteiger partial charge in [-0.3, -0.25) is 4.90 Å². The molecule has 0 N–H and O–H groups in total. The van der Waals surface area contributed by atoms with Crippen molar-refractivity contribution in [3.05, 3.63) is 17.2 Å². The summed E-state index contributed by atoms with van der Waals surface area (Å²) in [5.41, 5.74) is 0.151. The average Bonchev–Trinajstić information content (AvgIpc) is 3.20. The molecule has 0 aromatic carbocycles. The van der Waals surface area contributed by atoms with Gasteiger partial charge in [0, 0.05) is 38.9 Å². The fraction of sp³-hybridized carbons (Fsp3) is 0.714. The molecule has 4 atom stereocenters. The molecule has 2 aromatic rings. The lowest BCUT2D eigenvalue weighted by Gasteiger charge is -2.33. The number of fused-ring (bicyclic) bond motifs is 2. The number of carbonyl (C=O) groups excluding carboxylic acids is 1. The van der Waals surface area contributed by atoms with Crippen molar-refractivity contribution < 1.29 is 23.0 Å². The fourth-order valence-electron chi connectivity index (χ4n) is 6.40. The van der Waals surface area contributed by atoms with Crippen molar-refractivity contribution in [2.75, 3.05) is 38.7 Å². The molecule has 3 aliphatic heterocycles. The van der Waals surface area contributed by atoms with Gasteiger partial charge in [-0.2, -0.15) is 9.97 Å². The number of likely N-dealkylation sites (tertiary alicyclic amines) is 1. The third-order valence-electron chi connectivity index (χ3n) is 8.60. The number of alkyl halides is 1. The van der Waals surface area contributed by atoms with Gasteiger partial charge in [0.25, 0.3) is 0 Å². The van der Waals surface area contributed by atoms with Gasteiger partial charge >= 0.3 is 12.1 Å². The zero-order valence-corrected chi connectivity index (χ0v) is 24.8. The van der Waals surface area contributed by atoms with Gasteiger partial charge < -0.3 is 19.3 Å². The van der Waals surface area contributed by atoms with Crippen molar-refractivity contribution in [2.24, 2.45) is 5.41 Å². The number of nitrogens with zero attached hydrogens (tertiary/aromatic N) is 6. The number of halogens is 3. The van der Waals surface area contributed by atoms with E-state index in [1.54, 1.807) is 4.90 Å². The van der Waals surface area contributed by atoms with Crippen LogP contribution in [-0.4, -0.2) is 94.5 Å². The quantitative estimate of drug-likeness (QED) is 0.456. The van der Waals surface area contributed by atoms with Gasteiger partial charge in [-0.25, -0.2) is 18.6 Å². The van der Waals surface area contributed by atoms with Crippen LogP contribution in [0.4, 0.5) is 19.4 Å². The Kier molecular flexibility index (Phi) is 7.76. The van der Waals surface area contributed by atoms with Crippen LogP contribution in [0.2, 0.25) is 5.15 Å². The molecule has 1 amide bonds. The Morgan fingerprint density at radius 3 is 2.62 bits per heavy atom. The molecule has 4 unspecified atom stereocenters. The smallest absolute Gasteiger partial charge is 0.410 e. The number of amides is 1. The van der Waals surface area contributed by atoms with E-state index in [0.29, 0.717) is 35.6 Å². The minimum atomic E-state index is -0.727. The molecule has 12 heteroatoms. The van der Waals surface area contributed by atoms with E-state index in [2.05, 4.69) is 19.9 Å². The maximum Gasteiger partial charge on any atom is 0.410 e. The SMILES string of the molecule is COc1nc(N(C)C2CCN(C(=O)OC(C)(C)C)C2C)c2cnc(Cl)c(F)c2n1.FC1CC2CC3(CC3)CN2C1. The summed E-state index contributed by atoms with van der Waals surface area (Å²) in [6.07, 6.45) is 6.22. The van der Waals surface area contributed by atoms with Crippen LogP contribution in [0.25, 0.3) is 10.9 Å². The van der Waals surface area contributed by atoms with Crippen LogP contribution in [0.1, 0.15) is 59.8 Å². The second-order valence-electron chi connectivity index (χ2n) is 12.7. The van der Waals surface area contributed by atoms with Gasteiger partial charge in [0.15, 0.2) is 11.0 Å². The van der Waals surface area contributed by atoms with Crippen molar-refractivity contribution >= 4 is 34.4 Å². The van der Waals surface area contributed by atoms with E-state index in [1.165, 1.54) is 39.1 Å². The number of carbonyl (C=O) groups is 1. The summed E-state index contributed by atoms with van der Waals surface area (Å²) in [5.74, 6) is -0.271. The molecule has 1 aliphatic carbocycles. The number of pyridine rings is 1. The maximum atomic E-state index is 14.5. The van der Waals surface area contributed by atoms with Crippen molar-refractivity contribution in [2.45, 2.75) is 89.7 Å². The van der Waals surface area contributed by atoms with Crippen LogP contribution < -0.4 is 9.64 Å². The molecule has 0 radical (unpaired) electrons. The molecule has 6 rings (SSSR count). The summed E-state index contributed by atoms with van der Waals surface area (Å²) < 4.78 is 38.0. The highest BCUT2D eigenvalue weighted by Gasteiger charge is 2.54. The third-order valence-corrected chi connectivity index (χ3v) is 8.86. The Morgan fingerprint density at radius 2 is 2.00 bits per heavy atom. The molecule has 1 saturated carbocycles. The molecule has 220 valence electrons. The summed E-state index contributed by atoms with van der Waals surface area (Å²) in [4.78, 5) is 30.9. The fourth-order valence-corrected chi connectivity index (χ4v) is 6.54. The summed E-state index contributed by atoms with van der Waals surface area (Å²) in [6.45, 7) is 9.94. The number of anilines is 1. The summed E-state index contributed by atoms with van der Waals surface area (Å²) in [6, 6.07) is 0.433. The minimum Gasteiger partial charge on any atom is -0.467 e. The summed E-state index contributed by atoms with van der Waals surface area (Å²) in [5, 5.41) is 0.148. The van der Waals surface area contributed by atoms with E-state index in [9.17, 15) is 13.6 Å². The van der Waals surface area contributed by atoms with Crippen molar-refractivity contribution in [3.63, 3.8) is 0 Å². The third kappa shape index (κ3) is 5.77. The number of ether oxygens (including phenoxy) is 2. The first-order chi connectivity index (χ1) is 18.8. The standard InChI is InChI=1S/C19H25ClFN5O3.C9H14FN/c1-10-12(7-8-26(10)18(27)29-19(2,3)4)25(5)16-11-9-22-15(20)13(21)14(11)23-17(24-16)28-6;10-7-3-8-4-9(1-2-9)6-11(8)5-7/h9-10,12H,7-8H2,1-6H3;7-8H,1-6H2. The molecular weight excluding hydrogens is 542 g/mol. The highest BCUT2D eigenvalue weighted by atomic mass is 35.5. The van der Waals surface area contributed by atoms with E-state index in [1.807, 2.05) is 39.6 Å². The number of rotatable bonds is 3. The van der Waals surface area contributed by atoms with Gasteiger partial charge in [0.1, 0.15) is 23.1 Å². The molecule has 40 heavy (non-hydrogen) atoms. The topological polar surface area (TPSA) is 83.9 Å². The van der Waals surface area contributed by atoms with Crippen LogP contribution in [-0.2, 0) is 4.74 Å². The first-order valence-electron chi connectivity index (χ1n) is 14.0. The molecule has 2 aromatic heterocycles. The van der Waals surface area contributed by atoms with Crippen LogP contribution in [0.3, 0.4) is 0 Å². The van der Waals surface area contributed by atoms with Gasteiger partial charge in [-0.15, -0.1) is 0 Å². The first kappa shape index (κ1) is 29.0. The molecule has 5 heterocycles. The predicted molar refractivity (Wildman–Crippen MR) is 149 cm³/mol. The molecular formula is C28H39ClF2N6O3. The number of hydrogen-bond acceptors (Lipinski definition) is 8. The van der Waals surface area contributed by atoms with E-state index in [-0.39, 0.29) is 34.9 Å². The number of likely N-dealkylation sites (N-methyl/N-ethyl adjacent to an activating group) is 1. The second kappa shape index (κ2) is 10.7. The molecule has 4 fully saturated rings. The number of hydrogen-bond donors (Lipinski definition) is 0. The zero-order chi connectivity index (χ0) is 29.0. The highest BCUT2D eigenvalue weighted by molar-refractivity contribution is 6.30. The Balaban J connectivity index is 0.000000240. The van der Waals surface area contributed by atoms with E-state index in [4.69, 9.17) is 21.1 Å². The first-order valence-corrected chi connectivity index (χ1v) is 14.3. The minimum absolute atomic E-state index is 0.0233. The van der Waals surface area contributed by atoms with E-state index < -0.39 is 17.6 Å². The van der Waals surface area contributed by atoms with Crippen LogP contribution in [0.15, 0.2) is 6.20 Å². The summed E-state index contributed by atoms with van der Waals surface area (Å²) in [7, 11) is 3.25. The van der Waals surface area contributed by atoms with Crippen molar-refractivity contribution in [1.29, 1.82) is 0 Å².